The summed E-state index contributed by atoms with van der Waals surface area (Å²) in [6.07, 6.45) is 4.93. The Morgan fingerprint density at radius 3 is 2.55 bits per heavy atom. The third-order valence-corrected chi connectivity index (χ3v) is 9.00. The van der Waals surface area contributed by atoms with Crippen LogP contribution in [0.3, 0.4) is 0 Å². The van der Waals surface area contributed by atoms with E-state index in [1.165, 1.54) is 0 Å². The van der Waals surface area contributed by atoms with Crippen molar-refractivity contribution in [3.8, 4) is 16.9 Å². The number of para-hydroxylation sites is 2. The number of hydrogen-bond acceptors (Lipinski definition) is 6. The van der Waals surface area contributed by atoms with Gasteiger partial charge in [0.05, 0.1) is 24.6 Å². The van der Waals surface area contributed by atoms with Crippen LogP contribution in [0.4, 0.5) is 4.39 Å². The summed E-state index contributed by atoms with van der Waals surface area (Å²) in [5, 5.41) is 5.10. The first-order valence-corrected chi connectivity index (χ1v) is 14.7. The molecule has 0 aliphatic carbocycles. The van der Waals surface area contributed by atoms with Crippen LogP contribution in [0.2, 0.25) is 0 Å². The van der Waals surface area contributed by atoms with Gasteiger partial charge in [0, 0.05) is 22.1 Å². The van der Waals surface area contributed by atoms with Gasteiger partial charge in [-0.15, -0.1) is 0 Å². The van der Waals surface area contributed by atoms with Crippen LogP contribution in [0.25, 0.3) is 33.1 Å². The summed E-state index contributed by atoms with van der Waals surface area (Å²) in [6.45, 7) is 11.6. The Hall–Kier alpha value is -4.13. The second-order valence-corrected chi connectivity index (χ2v) is 11.4. The van der Waals surface area contributed by atoms with E-state index < -0.39 is 5.82 Å². The monoisotopic (exact) mass is 571 g/mol. The lowest BCUT2D eigenvalue weighted by molar-refractivity contribution is -0.146. The Morgan fingerprint density at radius 1 is 1.00 bits per heavy atom. The molecule has 0 saturated heterocycles. The van der Waals surface area contributed by atoms with Crippen molar-refractivity contribution < 1.29 is 27.6 Å². The zero-order valence-electron chi connectivity index (χ0n) is 24.9. The maximum Gasteiger partial charge on any atom is 0.310 e. The summed E-state index contributed by atoms with van der Waals surface area (Å²) in [7, 11) is 0. The van der Waals surface area contributed by atoms with Crippen molar-refractivity contribution in [2.75, 3.05) is 6.61 Å². The standard InChI is InChI=1S/C35H38FNO5/c1-6-35(7-2,22(3)4)23(5)19-40-32(38)17-25-11-8-9-14-31(25)39-20-24-15-28(34-29(16-24)30(36)21-41-34)27-13-10-12-26-18-37-42-33(26)27/h8-16,18,21-23H,6-7,17,19-20H2,1-5H3. The molecule has 6 nitrogen and oxygen atoms in total. The van der Waals surface area contributed by atoms with E-state index in [0.717, 1.165) is 41.2 Å². The molecular formula is C35H38FNO5. The van der Waals surface area contributed by atoms with Gasteiger partial charge in [-0.25, -0.2) is 4.39 Å². The molecule has 0 saturated carbocycles. The third-order valence-electron chi connectivity index (χ3n) is 9.00. The van der Waals surface area contributed by atoms with Crippen LogP contribution in [-0.4, -0.2) is 17.7 Å². The SMILES string of the molecule is CCC(CC)(C(C)C)C(C)COC(=O)Cc1ccccc1OCc1cc(-c2cccc3cnoc23)c2occ(F)c2c1. The number of hydrogen-bond donors (Lipinski definition) is 0. The molecule has 1 atom stereocenters. The fourth-order valence-electron chi connectivity index (χ4n) is 6.43. The Bertz CT molecular complexity index is 1680. The molecule has 1 unspecified atom stereocenters. The first kappa shape index (κ1) is 29.4. The minimum Gasteiger partial charge on any atom is -0.489 e. The van der Waals surface area contributed by atoms with Gasteiger partial charge in [-0.05, 0) is 59.9 Å². The molecule has 0 spiro atoms. The van der Waals surface area contributed by atoms with Crippen LogP contribution in [0, 0.1) is 23.1 Å². The molecule has 0 N–H and O–H groups in total. The van der Waals surface area contributed by atoms with E-state index in [-0.39, 0.29) is 30.3 Å². The molecule has 220 valence electrons. The second-order valence-electron chi connectivity index (χ2n) is 11.4. The largest absolute Gasteiger partial charge is 0.489 e. The molecule has 5 aromatic rings. The fourth-order valence-corrected chi connectivity index (χ4v) is 6.43. The number of carbonyl (C=O) groups excluding carboxylic acids is 1. The molecule has 0 radical (unpaired) electrons. The Balaban J connectivity index is 1.33. The molecule has 3 aromatic carbocycles. The lowest BCUT2D eigenvalue weighted by Crippen LogP contribution is -2.36. The number of rotatable bonds is 12. The number of benzene rings is 3. The molecule has 0 fully saturated rings. The number of nitrogens with zero attached hydrogens (tertiary/aromatic N) is 1. The number of ether oxygens (including phenoxy) is 2. The van der Waals surface area contributed by atoms with Gasteiger partial charge in [0.25, 0.3) is 0 Å². The van der Waals surface area contributed by atoms with E-state index in [0.29, 0.717) is 40.4 Å². The Kier molecular flexibility index (Phi) is 8.66. The minimum absolute atomic E-state index is 0.101. The van der Waals surface area contributed by atoms with Crippen LogP contribution in [0.15, 0.2) is 76.0 Å². The highest BCUT2D eigenvalue weighted by Gasteiger charge is 2.36. The summed E-state index contributed by atoms with van der Waals surface area (Å²) < 4.78 is 37.8. The van der Waals surface area contributed by atoms with Crippen molar-refractivity contribution in [3.05, 3.63) is 84.0 Å². The summed E-state index contributed by atoms with van der Waals surface area (Å²) >= 11 is 0. The van der Waals surface area contributed by atoms with E-state index >= 15 is 0 Å². The predicted octanol–water partition coefficient (Wildman–Crippen LogP) is 9.14. The Morgan fingerprint density at radius 2 is 1.79 bits per heavy atom. The molecule has 0 amide bonds. The molecule has 2 aromatic heterocycles. The van der Waals surface area contributed by atoms with E-state index in [4.69, 9.17) is 18.4 Å². The van der Waals surface area contributed by atoms with Gasteiger partial charge in [0.2, 0.25) is 0 Å². The van der Waals surface area contributed by atoms with Crippen molar-refractivity contribution >= 4 is 27.9 Å². The van der Waals surface area contributed by atoms with Gasteiger partial charge in [0.15, 0.2) is 11.4 Å². The maximum absolute atomic E-state index is 14.7. The smallest absolute Gasteiger partial charge is 0.310 e. The van der Waals surface area contributed by atoms with Crippen molar-refractivity contribution in [1.82, 2.24) is 5.16 Å². The molecule has 0 aliphatic heterocycles. The van der Waals surface area contributed by atoms with Crippen LogP contribution in [0.5, 0.6) is 5.75 Å². The van der Waals surface area contributed by atoms with Gasteiger partial charge < -0.3 is 18.4 Å². The predicted molar refractivity (Wildman–Crippen MR) is 162 cm³/mol. The molecule has 7 heteroatoms. The van der Waals surface area contributed by atoms with E-state index in [1.807, 2.05) is 48.5 Å². The molecule has 0 bridgehead atoms. The normalized spacial score (nSPS) is 12.7. The van der Waals surface area contributed by atoms with Crippen molar-refractivity contribution in [2.24, 2.45) is 17.3 Å². The lowest BCUT2D eigenvalue weighted by Gasteiger charge is -2.41. The summed E-state index contributed by atoms with van der Waals surface area (Å²) in [5.41, 5.74) is 4.05. The zero-order valence-corrected chi connectivity index (χ0v) is 24.9. The molecule has 42 heavy (non-hydrogen) atoms. The van der Waals surface area contributed by atoms with Gasteiger partial charge in [-0.3, -0.25) is 4.79 Å². The number of halogens is 1. The van der Waals surface area contributed by atoms with Crippen LogP contribution in [-0.2, 0) is 22.6 Å². The highest BCUT2D eigenvalue weighted by molar-refractivity contribution is 6.01. The topological polar surface area (TPSA) is 74.7 Å². The van der Waals surface area contributed by atoms with E-state index in [1.54, 1.807) is 12.3 Å². The maximum atomic E-state index is 14.7. The van der Waals surface area contributed by atoms with E-state index in [9.17, 15) is 9.18 Å². The van der Waals surface area contributed by atoms with Crippen LogP contribution >= 0.6 is 0 Å². The first-order valence-electron chi connectivity index (χ1n) is 14.7. The number of fused-ring (bicyclic) bond motifs is 2. The number of aromatic nitrogens is 1. The van der Waals surface area contributed by atoms with Gasteiger partial charge >= 0.3 is 5.97 Å². The van der Waals surface area contributed by atoms with Crippen molar-refractivity contribution in [3.63, 3.8) is 0 Å². The quantitative estimate of drug-likeness (QED) is 0.139. The molecule has 5 rings (SSSR count). The van der Waals surface area contributed by atoms with Gasteiger partial charge in [0.1, 0.15) is 24.2 Å². The molecule has 2 heterocycles. The van der Waals surface area contributed by atoms with Crippen LogP contribution < -0.4 is 4.74 Å². The third kappa shape index (κ3) is 5.65. The van der Waals surface area contributed by atoms with Crippen LogP contribution in [0.1, 0.15) is 58.6 Å². The average Bonchev–Trinajstić information content (AvgIpc) is 3.63. The van der Waals surface area contributed by atoms with Crippen molar-refractivity contribution in [1.29, 1.82) is 0 Å². The number of carbonyl (C=O) groups is 1. The summed E-state index contributed by atoms with van der Waals surface area (Å²) in [6, 6.07) is 16.7. The van der Waals surface area contributed by atoms with Crippen molar-refractivity contribution in [2.45, 2.75) is 60.5 Å². The first-order chi connectivity index (χ1) is 20.3. The summed E-state index contributed by atoms with van der Waals surface area (Å²) in [4.78, 5) is 12.9. The average molecular weight is 572 g/mol. The van der Waals surface area contributed by atoms with Gasteiger partial charge in [-0.1, -0.05) is 70.1 Å². The molecule has 0 aliphatic rings. The highest BCUT2D eigenvalue weighted by atomic mass is 19.1. The zero-order chi connectivity index (χ0) is 29.9. The van der Waals surface area contributed by atoms with Gasteiger partial charge in [-0.2, -0.15) is 0 Å². The Labute approximate surface area is 245 Å². The minimum atomic E-state index is -0.456. The highest BCUT2D eigenvalue weighted by Crippen LogP contribution is 2.42. The lowest BCUT2D eigenvalue weighted by atomic mass is 9.65. The second kappa shape index (κ2) is 12.4. The number of esters is 1. The fraction of sp³-hybridized carbons (Fsp3) is 0.371. The summed E-state index contributed by atoms with van der Waals surface area (Å²) in [5.74, 6) is 0.579. The number of furan rings is 1. The molecular weight excluding hydrogens is 533 g/mol. The van der Waals surface area contributed by atoms with E-state index in [2.05, 4.69) is 39.8 Å².